The van der Waals surface area contributed by atoms with Crippen molar-refractivity contribution in [3.8, 4) is 11.1 Å². The fraction of sp³-hybridized carbons (Fsp3) is 0.348. The van der Waals surface area contributed by atoms with Crippen molar-refractivity contribution in [1.82, 2.24) is 10.6 Å². The number of benzene rings is 2. The van der Waals surface area contributed by atoms with Gasteiger partial charge in [0, 0.05) is 19.0 Å². The first kappa shape index (κ1) is 24.1. The molecule has 0 saturated carbocycles. The molecular weight excluding hydrogens is 441 g/mol. The lowest BCUT2D eigenvalue weighted by atomic mass is 9.98. The minimum atomic E-state index is -4.98. The molecule has 0 aromatic heterocycles. The summed E-state index contributed by atoms with van der Waals surface area (Å²) in [7, 11) is 0. The molecular formula is C23H23F3N2O5. The van der Waals surface area contributed by atoms with Gasteiger partial charge in [-0.3, -0.25) is 9.59 Å². The summed E-state index contributed by atoms with van der Waals surface area (Å²) in [5.41, 5.74) is 4.23. The minimum Gasteiger partial charge on any atom is -0.481 e. The summed E-state index contributed by atoms with van der Waals surface area (Å²) in [6, 6.07) is 15.6. The molecule has 2 atom stereocenters. The third kappa shape index (κ3) is 5.63. The Kier molecular flexibility index (Phi) is 7.25. The number of rotatable bonds is 8. The molecule has 2 unspecified atom stereocenters. The van der Waals surface area contributed by atoms with Gasteiger partial charge >= 0.3 is 18.2 Å². The molecule has 2 aromatic rings. The van der Waals surface area contributed by atoms with Gasteiger partial charge in [-0.25, -0.2) is 4.79 Å². The summed E-state index contributed by atoms with van der Waals surface area (Å²) in [4.78, 5) is 34.9. The zero-order valence-corrected chi connectivity index (χ0v) is 17.7. The van der Waals surface area contributed by atoms with Crippen LogP contribution in [0.3, 0.4) is 0 Å². The van der Waals surface area contributed by atoms with Gasteiger partial charge in [0.05, 0.1) is 5.92 Å². The fourth-order valence-electron chi connectivity index (χ4n) is 3.70. The molecule has 3 N–H and O–H groups in total. The third-order valence-electron chi connectivity index (χ3n) is 5.52. The van der Waals surface area contributed by atoms with Gasteiger partial charge in [-0.05, 0) is 22.3 Å². The van der Waals surface area contributed by atoms with E-state index in [2.05, 4.69) is 5.32 Å². The van der Waals surface area contributed by atoms with Crippen molar-refractivity contribution >= 4 is 18.0 Å². The van der Waals surface area contributed by atoms with E-state index >= 15 is 0 Å². The number of carboxylic acids is 1. The lowest BCUT2D eigenvalue weighted by Gasteiger charge is -2.19. The van der Waals surface area contributed by atoms with Crippen LogP contribution in [0.15, 0.2) is 48.5 Å². The third-order valence-corrected chi connectivity index (χ3v) is 5.52. The van der Waals surface area contributed by atoms with Crippen LogP contribution in [0.2, 0.25) is 0 Å². The number of hydrogen-bond donors (Lipinski definition) is 3. The standard InChI is InChI=1S/C23H23F3N2O5/c1-13(20(29)27-11-19(21(30)31)23(24,25)26)10-28-22(32)33-12-18-16-8-4-2-6-14(16)15-7-3-5-9-17(15)18/h2-9,13,18-19H,10-12H2,1H3,(H,27,29)(H,28,32)(H,30,31). The van der Waals surface area contributed by atoms with Crippen molar-refractivity contribution in [2.75, 3.05) is 19.7 Å². The topological polar surface area (TPSA) is 105 Å². The van der Waals surface area contributed by atoms with Crippen molar-refractivity contribution in [2.45, 2.75) is 19.0 Å². The van der Waals surface area contributed by atoms with Crippen molar-refractivity contribution in [3.05, 3.63) is 59.7 Å². The Bertz CT molecular complexity index is 995. The summed E-state index contributed by atoms with van der Waals surface area (Å²) in [5.74, 6) is -6.63. The molecule has 7 nitrogen and oxygen atoms in total. The average Bonchev–Trinajstić information content (AvgIpc) is 3.08. The number of carbonyl (C=O) groups is 3. The Morgan fingerprint density at radius 3 is 2.03 bits per heavy atom. The van der Waals surface area contributed by atoms with Crippen LogP contribution in [0.25, 0.3) is 11.1 Å². The lowest BCUT2D eigenvalue weighted by Crippen LogP contribution is -2.44. The van der Waals surface area contributed by atoms with Gasteiger partial charge in [-0.15, -0.1) is 0 Å². The second-order valence-corrected chi connectivity index (χ2v) is 7.79. The number of ether oxygens (including phenoxy) is 1. The molecule has 33 heavy (non-hydrogen) atoms. The molecule has 0 bridgehead atoms. The maximum Gasteiger partial charge on any atom is 0.407 e. The lowest BCUT2D eigenvalue weighted by molar-refractivity contribution is -0.192. The number of halogens is 3. The largest absolute Gasteiger partial charge is 0.481 e. The molecule has 0 saturated heterocycles. The maximum absolute atomic E-state index is 12.7. The highest BCUT2D eigenvalue weighted by atomic mass is 19.4. The van der Waals surface area contributed by atoms with Gasteiger partial charge in [0.2, 0.25) is 5.91 Å². The summed E-state index contributed by atoms with van der Waals surface area (Å²) in [5, 5.41) is 13.0. The van der Waals surface area contributed by atoms with Crippen molar-refractivity contribution in [2.24, 2.45) is 11.8 Å². The number of alkyl halides is 3. The Balaban J connectivity index is 1.49. The molecule has 0 aliphatic heterocycles. The smallest absolute Gasteiger partial charge is 0.407 e. The van der Waals surface area contributed by atoms with Crippen LogP contribution in [-0.4, -0.2) is 48.9 Å². The number of carboxylic acid groups (broad SMARTS) is 1. The predicted molar refractivity (Wildman–Crippen MR) is 112 cm³/mol. The number of fused-ring (bicyclic) bond motifs is 3. The minimum absolute atomic E-state index is 0.0757. The molecule has 1 aliphatic rings. The molecule has 2 amide bonds. The monoisotopic (exact) mass is 464 g/mol. The summed E-state index contributed by atoms with van der Waals surface area (Å²) >= 11 is 0. The van der Waals surface area contributed by atoms with Crippen LogP contribution >= 0.6 is 0 Å². The summed E-state index contributed by atoms with van der Waals surface area (Å²) in [6.45, 7) is 0.188. The van der Waals surface area contributed by atoms with E-state index in [1.165, 1.54) is 6.92 Å². The maximum atomic E-state index is 12.7. The van der Waals surface area contributed by atoms with Gasteiger partial charge in [0.15, 0.2) is 5.92 Å². The second-order valence-electron chi connectivity index (χ2n) is 7.79. The van der Waals surface area contributed by atoms with Gasteiger partial charge in [0.25, 0.3) is 0 Å². The highest BCUT2D eigenvalue weighted by Crippen LogP contribution is 2.44. The molecule has 3 rings (SSSR count). The van der Waals surface area contributed by atoms with Crippen molar-refractivity contribution in [3.63, 3.8) is 0 Å². The number of amides is 2. The van der Waals surface area contributed by atoms with E-state index in [1.807, 2.05) is 53.8 Å². The van der Waals surface area contributed by atoms with E-state index in [-0.39, 0.29) is 19.1 Å². The van der Waals surface area contributed by atoms with Crippen LogP contribution in [0.5, 0.6) is 0 Å². The quantitative estimate of drug-likeness (QED) is 0.554. The van der Waals surface area contributed by atoms with E-state index in [0.717, 1.165) is 22.3 Å². The Hall–Kier alpha value is -3.56. The van der Waals surface area contributed by atoms with E-state index in [4.69, 9.17) is 9.84 Å². The normalized spacial score (nSPS) is 14.5. The van der Waals surface area contributed by atoms with Crippen LogP contribution in [0.1, 0.15) is 24.0 Å². The Morgan fingerprint density at radius 2 is 1.52 bits per heavy atom. The molecule has 0 fully saturated rings. The first-order valence-electron chi connectivity index (χ1n) is 10.3. The number of aliphatic carboxylic acids is 1. The molecule has 1 aliphatic carbocycles. The highest BCUT2D eigenvalue weighted by molar-refractivity contribution is 5.81. The molecule has 176 valence electrons. The zero-order valence-electron chi connectivity index (χ0n) is 17.7. The Morgan fingerprint density at radius 1 is 0.970 bits per heavy atom. The van der Waals surface area contributed by atoms with E-state index in [0.29, 0.717) is 0 Å². The first-order valence-corrected chi connectivity index (χ1v) is 10.3. The number of hydrogen-bond acceptors (Lipinski definition) is 4. The number of alkyl carbamates (subject to hydrolysis) is 1. The van der Waals surface area contributed by atoms with Gasteiger partial charge < -0.3 is 20.5 Å². The average molecular weight is 464 g/mol. The molecule has 0 spiro atoms. The fourth-order valence-corrected chi connectivity index (χ4v) is 3.70. The van der Waals surface area contributed by atoms with Gasteiger partial charge in [-0.2, -0.15) is 13.2 Å². The van der Waals surface area contributed by atoms with Crippen molar-refractivity contribution in [1.29, 1.82) is 0 Å². The molecule has 2 aromatic carbocycles. The first-order chi connectivity index (χ1) is 15.6. The molecule has 10 heteroatoms. The van der Waals surface area contributed by atoms with Crippen LogP contribution in [-0.2, 0) is 14.3 Å². The molecule has 0 heterocycles. The van der Waals surface area contributed by atoms with Crippen molar-refractivity contribution < 1.29 is 37.4 Å². The Labute approximate surface area is 187 Å². The van der Waals surface area contributed by atoms with E-state index < -0.39 is 42.5 Å². The predicted octanol–water partition coefficient (Wildman–Crippen LogP) is 3.54. The number of carbonyl (C=O) groups excluding carboxylic acids is 2. The van der Waals surface area contributed by atoms with Crippen LogP contribution in [0.4, 0.5) is 18.0 Å². The van der Waals surface area contributed by atoms with Gasteiger partial charge in [-0.1, -0.05) is 55.5 Å². The summed E-state index contributed by atoms with van der Waals surface area (Å²) in [6.07, 6.45) is -5.75. The summed E-state index contributed by atoms with van der Waals surface area (Å²) < 4.78 is 43.3. The SMILES string of the molecule is CC(CNC(=O)OCC1c2ccccc2-c2ccccc21)C(=O)NCC(C(=O)O)C(F)(F)F. The molecule has 0 radical (unpaired) electrons. The highest BCUT2D eigenvalue weighted by Gasteiger charge is 2.45. The second kappa shape index (κ2) is 9.93. The van der Waals surface area contributed by atoms with Gasteiger partial charge in [0.1, 0.15) is 6.61 Å². The number of nitrogens with one attached hydrogen (secondary N) is 2. The van der Waals surface area contributed by atoms with Crippen LogP contribution < -0.4 is 10.6 Å². The van der Waals surface area contributed by atoms with Crippen LogP contribution in [0, 0.1) is 11.8 Å². The zero-order chi connectivity index (χ0) is 24.2. The van der Waals surface area contributed by atoms with E-state index in [9.17, 15) is 27.6 Å². The van der Waals surface area contributed by atoms with E-state index in [1.54, 1.807) is 0 Å².